The molecule has 2 heterocycles. The molecular formula is C17H16NO+. The molecule has 1 atom stereocenters. The molecule has 2 nitrogen and oxygen atoms in total. The van der Waals surface area contributed by atoms with Crippen LogP contribution in [-0.4, -0.2) is 6.61 Å². The third-order valence-electron chi connectivity index (χ3n) is 4.03. The van der Waals surface area contributed by atoms with E-state index >= 15 is 0 Å². The zero-order valence-electron chi connectivity index (χ0n) is 11.0. The van der Waals surface area contributed by atoms with Crippen LogP contribution in [0, 0.1) is 0 Å². The lowest BCUT2D eigenvalue weighted by Crippen LogP contribution is -2.47. The van der Waals surface area contributed by atoms with Crippen molar-refractivity contribution >= 4 is 21.5 Å². The first kappa shape index (κ1) is 10.9. The summed E-state index contributed by atoms with van der Waals surface area (Å²) in [5.74, 6) is 0. The second-order valence-electron chi connectivity index (χ2n) is 5.18. The summed E-state index contributed by atoms with van der Waals surface area (Å²) in [6.45, 7) is 2.92. The fraction of sp³-hybridized carbons (Fsp3) is 0.235. The van der Waals surface area contributed by atoms with Crippen LogP contribution in [0.15, 0.2) is 48.7 Å². The number of rotatable bonds is 0. The molecular weight excluding hydrogens is 234 g/mol. The Kier molecular flexibility index (Phi) is 2.32. The Bertz CT molecular complexity index is 779. The Hall–Kier alpha value is -1.93. The quantitative estimate of drug-likeness (QED) is 0.440. The summed E-state index contributed by atoms with van der Waals surface area (Å²) in [5, 5.41) is 5.26. The van der Waals surface area contributed by atoms with Gasteiger partial charge in [-0.2, -0.15) is 4.57 Å². The molecule has 0 spiro atoms. The number of aromatic nitrogens is 1. The van der Waals surface area contributed by atoms with Crippen molar-refractivity contribution in [1.29, 1.82) is 0 Å². The fourth-order valence-electron chi connectivity index (χ4n) is 3.01. The molecule has 0 radical (unpaired) electrons. The first-order chi connectivity index (χ1) is 9.33. The molecule has 1 aliphatic heterocycles. The van der Waals surface area contributed by atoms with Gasteiger partial charge in [-0.15, -0.1) is 0 Å². The number of fused-ring (bicyclic) bond motifs is 4. The van der Waals surface area contributed by atoms with E-state index in [2.05, 4.69) is 60.2 Å². The van der Waals surface area contributed by atoms with E-state index < -0.39 is 0 Å². The normalized spacial score (nSPS) is 18.7. The molecule has 0 bridgehead atoms. The topological polar surface area (TPSA) is 13.1 Å². The number of ether oxygens (including phenoxy) is 1. The van der Waals surface area contributed by atoms with Gasteiger partial charge in [0.05, 0.1) is 13.0 Å². The minimum atomic E-state index is 0.139. The Labute approximate surface area is 112 Å². The van der Waals surface area contributed by atoms with E-state index in [0.29, 0.717) is 0 Å². The molecule has 94 valence electrons. The smallest absolute Gasteiger partial charge is 0.259 e. The zero-order valence-corrected chi connectivity index (χ0v) is 11.0. The molecule has 2 heteroatoms. The summed E-state index contributed by atoms with van der Waals surface area (Å²) in [4.78, 5) is 0. The van der Waals surface area contributed by atoms with E-state index in [1.165, 1.54) is 27.2 Å². The number of pyridine rings is 1. The Morgan fingerprint density at radius 2 is 1.89 bits per heavy atom. The van der Waals surface area contributed by atoms with Gasteiger partial charge < -0.3 is 4.74 Å². The number of hydrogen-bond acceptors (Lipinski definition) is 1. The summed E-state index contributed by atoms with van der Waals surface area (Å²) in [5.41, 5.74) is 1.36. The number of nitrogens with zero attached hydrogens (tertiary/aromatic N) is 1. The molecule has 19 heavy (non-hydrogen) atoms. The van der Waals surface area contributed by atoms with E-state index in [4.69, 9.17) is 4.74 Å². The summed E-state index contributed by atoms with van der Waals surface area (Å²) in [6, 6.07) is 15.3. The van der Waals surface area contributed by atoms with Crippen molar-refractivity contribution in [1.82, 2.24) is 0 Å². The highest BCUT2D eigenvalue weighted by atomic mass is 16.5. The van der Waals surface area contributed by atoms with Gasteiger partial charge >= 0.3 is 0 Å². The monoisotopic (exact) mass is 250 g/mol. The van der Waals surface area contributed by atoms with E-state index in [0.717, 1.165) is 13.0 Å². The maximum absolute atomic E-state index is 5.70. The molecule has 0 aliphatic carbocycles. The highest BCUT2D eigenvalue weighted by Gasteiger charge is 2.24. The largest absolute Gasteiger partial charge is 0.321 e. The minimum Gasteiger partial charge on any atom is -0.321 e. The summed E-state index contributed by atoms with van der Waals surface area (Å²) >= 11 is 0. The lowest BCUT2D eigenvalue weighted by atomic mass is 10.0. The van der Waals surface area contributed by atoms with Crippen molar-refractivity contribution in [3.63, 3.8) is 0 Å². The van der Waals surface area contributed by atoms with Crippen LogP contribution >= 0.6 is 0 Å². The van der Waals surface area contributed by atoms with Gasteiger partial charge in [-0.25, -0.2) is 0 Å². The van der Waals surface area contributed by atoms with Gasteiger partial charge in [-0.3, -0.25) is 0 Å². The molecule has 1 unspecified atom stereocenters. The fourth-order valence-corrected chi connectivity index (χ4v) is 3.01. The molecule has 0 N–H and O–H groups in total. The van der Waals surface area contributed by atoms with Crippen LogP contribution in [0.2, 0.25) is 0 Å². The number of benzene rings is 2. The second kappa shape index (κ2) is 4.04. The van der Waals surface area contributed by atoms with Crippen LogP contribution in [0.25, 0.3) is 21.5 Å². The molecule has 1 aromatic heterocycles. The summed E-state index contributed by atoms with van der Waals surface area (Å²) < 4.78 is 7.95. The third kappa shape index (κ3) is 1.64. The Morgan fingerprint density at radius 1 is 1.05 bits per heavy atom. The molecule has 0 saturated carbocycles. The zero-order chi connectivity index (χ0) is 12.8. The highest BCUT2D eigenvalue weighted by molar-refractivity contribution is 6.06. The lowest BCUT2D eigenvalue weighted by Gasteiger charge is -2.17. The van der Waals surface area contributed by atoms with Crippen molar-refractivity contribution in [2.24, 2.45) is 0 Å². The average molecular weight is 250 g/mol. The lowest BCUT2D eigenvalue weighted by molar-refractivity contribution is -0.771. The van der Waals surface area contributed by atoms with E-state index in [1.54, 1.807) is 0 Å². The molecule has 0 fully saturated rings. The predicted octanol–water partition coefficient (Wildman–Crippen LogP) is 3.37. The highest BCUT2D eigenvalue weighted by Crippen LogP contribution is 2.26. The van der Waals surface area contributed by atoms with Crippen molar-refractivity contribution in [2.45, 2.75) is 19.6 Å². The first-order valence-corrected chi connectivity index (χ1v) is 6.80. The maximum atomic E-state index is 5.70. The first-order valence-electron chi connectivity index (χ1n) is 6.80. The van der Waals surface area contributed by atoms with Gasteiger partial charge in [0.2, 0.25) is 0 Å². The van der Waals surface area contributed by atoms with Crippen molar-refractivity contribution < 1.29 is 9.30 Å². The molecule has 3 aromatic rings. The maximum Gasteiger partial charge on any atom is 0.259 e. The second-order valence-corrected chi connectivity index (χ2v) is 5.18. The van der Waals surface area contributed by atoms with E-state index in [1.807, 2.05) is 0 Å². The van der Waals surface area contributed by atoms with Gasteiger partial charge in [0.25, 0.3) is 6.23 Å². The van der Waals surface area contributed by atoms with Crippen molar-refractivity contribution in [3.8, 4) is 0 Å². The standard InChI is InChI=1S/C17H16NO/c1-12-18-11-14-7-6-13-4-2-3-5-16(13)17(14)10-15(18)8-9-19-12/h2-7,10-12H,8-9H2,1H3/q+1. The molecule has 2 aromatic carbocycles. The van der Waals surface area contributed by atoms with E-state index in [9.17, 15) is 0 Å². The van der Waals surface area contributed by atoms with Crippen LogP contribution in [-0.2, 0) is 11.2 Å². The predicted molar refractivity (Wildman–Crippen MR) is 76.0 cm³/mol. The van der Waals surface area contributed by atoms with Crippen LogP contribution in [0.3, 0.4) is 0 Å². The van der Waals surface area contributed by atoms with Crippen molar-refractivity contribution in [3.05, 3.63) is 54.4 Å². The molecule has 1 aliphatic rings. The number of hydrogen-bond donors (Lipinski definition) is 0. The molecule has 4 rings (SSSR count). The third-order valence-corrected chi connectivity index (χ3v) is 4.03. The van der Waals surface area contributed by atoms with Gasteiger partial charge in [-0.1, -0.05) is 30.3 Å². The van der Waals surface area contributed by atoms with Gasteiger partial charge in [-0.05, 0) is 16.8 Å². The van der Waals surface area contributed by atoms with Gasteiger partial charge in [0, 0.05) is 23.8 Å². The van der Waals surface area contributed by atoms with Crippen LogP contribution < -0.4 is 4.57 Å². The van der Waals surface area contributed by atoms with Gasteiger partial charge in [0.15, 0.2) is 11.9 Å². The van der Waals surface area contributed by atoms with Crippen LogP contribution in [0.5, 0.6) is 0 Å². The minimum absolute atomic E-state index is 0.139. The average Bonchev–Trinajstić information content (AvgIpc) is 2.46. The summed E-state index contributed by atoms with van der Waals surface area (Å²) in [7, 11) is 0. The SMILES string of the molecule is CC1OCCc2cc3c(ccc4ccccc43)c[n+]21. The Balaban J connectivity index is 2.10. The van der Waals surface area contributed by atoms with Crippen LogP contribution in [0.4, 0.5) is 0 Å². The van der Waals surface area contributed by atoms with Crippen molar-refractivity contribution in [2.75, 3.05) is 6.61 Å². The summed E-state index contributed by atoms with van der Waals surface area (Å²) in [6.07, 6.45) is 3.35. The molecule has 0 amide bonds. The van der Waals surface area contributed by atoms with Crippen LogP contribution in [0.1, 0.15) is 18.8 Å². The van der Waals surface area contributed by atoms with Gasteiger partial charge in [0.1, 0.15) is 0 Å². The molecule has 0 saturated heterocycles. The Morgan fingerprint density at radius 3 is 2.84 bits per heavy atom. The van der Waals surface area contributed by atoms with E-state index in [-0.39, 0.29) is 6.23 Å².